The molecule has 0 saturated carbocycles. The minimum Gasteiger partial charge on any atom is -0.465 e. The SMILES string of the molecule is CC(C)(C)OC(=O)N1CCC[C@@H]1c1nc2cc(-c3ccc4c(c3)C(F)(F)c3cc(NC(=O)[C@@H]5CCCN5C(=O)O)ccc3-4)ccc2[nH]1. The van der Waals surface area contributed by atoms with Crippen LogP contribution in [0.3, 0.4) is 0 Å². The molecule has 0 radical (unpaired) electrons. The summed E-state index contributed by atoms with van der Waals surface area (Å²) in [6.07, 6.45) is 0.957. The molecule has 12 heteroatoms. The zero-order valence-corrected chi connectivity index (χ0v) is 26.3. The summed E-state index contributed by atoms with van der Waals surface area (Å²) in [7, 11) is 0. The van der Waals surface area contributed by atoms with Crippen molar-refractivity contribution in [2.75, 3.05) is 18.4 Å². The molecule has 47 heavy (non-hydrogen) atoms. The van der Waals surface area contributed by atoms with Gasteiger partial charge in [0.25, 0.3) is 5.92 Å². The minimum atomic E-state index is -3.32. The van der Waals surface area contributed by atoms with Crippen molar-refractivity contribution < 1.29 is 33.0 Å². The molecular weight excluding hydrogens is 608 g/mol. The highest BCUT2D eigenvalue weighted by Crippen LogP contribution is 2.52. The highest BCUT2D eigenvalue weighted by Gasteiger charge is 2.45. The lowest BCUT2D eigenvalue weighted by molar-refractivity contribution is -0.119. The number of imidazole rings is 1. The maximum atomic E-state index is 16.0. The van der Waals surface area contributed by atoms with Gasteiger partial charge in [0.1, 0.15) is 17.5 Å². The number of halogens is 2. The fourth-order valence-corrected chi connectivity index (χ4v) is 6.93. The second-order valence-electron chi connectivity index (χ2n) is 13.4. The molecule has 1 aliphatic carbocycles. The highest BCUT2D eigenvalue weighted by molar-refractivity contribution is 5.97. The number of H-pyrrole nitrogens is 1. The third-order valence-electron chi connectivity index (χ3n) is 9.11. The lowest BCUT2D eigenvalue weighted by Gasteiger charge is -2.27. The average Bonchev–Trinajstić information content (AvgIpc) is 3.81. The number of aromatic nitrogens is 2. The van der Waals surface area contributed by atoms with Crippen molar-refractivity contribution >= 4 is 34.8 Å². The van der Waals surface area contributed by atoms with Crippen molar-refractivity contribution in [1.82, 2.24) is 19.8 Å². The number of nitrogens with zero attached hydrogens (tertiary/aromatic N) is 3. The summed E-state index contributed by atoms with van der Waals surface area (Å²) < 4.78 is 37.6. The highest BCUT2D eigenvalue weighted by atomic mass is 19.3. The van der Waals surface area contributed by atoms with Gasteiger partial charge in [0.05, 0.1) is 17.1 Å². The van der Waals surface area contributed by atoms with Crippen LogP contribution in [0.15, 0.2) is 54.6 Å². The molecular formula is C35H35F2N5O5. The zero-order valence-electron chi connectivity index (χ0n) is 26.3. The van der Waals surface area contributed by atoms with Gasteiger partial charge >= 0.3 is 12.2 Å². The van der Waals surface area contributed by atoms with Gasteiger partial charge in [0, 0.05) is 29.9 Å². The number of hydrogen-bond donors (Lipinski definition) is 3. The second kappa shape index (κ2) is 11.1. The number of rotatable bonds is 4. The molecule has 3 aliphatic rings. The van der Waals surface area contributed by atoms with Crippen LogP contribution >= 0.6 is 0 Å². The molecule has 0 bridgehead atoms. The van der Waals surface area contributed by atoms with Gasteiger partial charge < -0.3 is 20.1 Å². The predicted molar refractivity (Wildman–Crippen MR) is 171 cm³/mol. The second-order valence-corrected chi connectivity index (χ2v) is 13.4. The molecule has 1 aromatic heterocycles. The van der Waals surface area contributed by atoms with E-state index in [2.05, 4.69) is 10.3 Å². The van der Waals surface area contributed by atoms with Crippen LogP contribution < -0.4 is 5.32 Å². The summed E-state index contributed by atoms with van der Waals surface area (Å²) in [4.78, 5) is 48.1. The molecule has 7 rings (SSSR count). The summed E-state index contributed by atoms with van der Waals surface area (Å²) in [5.74, 6) is -3.20. The number of amides is 3. The van der Waals surface area contributed by atoms with Gasteiger partial charge in [0.2, 0.25) is 5.91 Å². The number of benzene rings is 3. The van der Waals surface area contributed by atoms with Crippen LogP contribution in [0, 0.1) is 0 Å². The van der Waals surface area contributed by atoms with E-state index in [1.807, 2.05) is 39.0 Å². The molecule has 0 unspecified atom stereocenters. The minimum absolute atomic E-state index is 0.136. The number of aromatic amines is 1. The fraction of sp³-hybridized carbons (Fsp3) is 0.371. The molecule has 0 spiro atoms. The first-order valence-corrected chi connectivity index (χ1v) is 15.8. The number of fused-ring (bicyclic) bond motifs is 4. The lowest BCUT2D eigenvalue weighted by Crippen LogP contribution is -2.42. The van der Waals surface area contributed by atoms with E-state index in [0.717, 1.165) is 23.3 Å². The smallest absolute Gasteiger partial charge is 0.410 e. The third-order valence-corrected chi connectivity index (χ3v) is 9.11. The number of nitrogens with one attached hydrogen (secondary N) is 2. The first kappa shape index (κ1) is 30.6. The normalized spacial score (nSPS) is 19.9. The largest absolute Gasteiger partial charge is 0.465 e. The first-order valence-electron chi connectivity index (χ1n) is 15.8. The van der Waals surface area contributed by atoms with Gasteiger partial charge in [-0.2, -0.15) is 8.78 Å². The number of carbonyl (C=O) groups excluding carboxylic acids is 2. The van der Waals surface area contributed by atoms with E-state index in [4.69, 9.17) is 9.72 Å². The van der Waals surface area contributed by atoms with Gasteiger partial charge in [-0.1, -0.05) is 24.3 Å². The van der Waals surface area contributed by atoms with E-state index < -0.39 is 29.6 Å². The molecule has 3 aromatic carbocycles. The molecule has 2 saturated heterocycles. The van der Waals surface area contributed by atoms with E-state index in [1.54, 1.807) is 29.2 Å². The Kier molecular flexibility index (Phi) is 7.21. The van der Waals surface area contributed by atoms with Crippen molar-refractivity contribution in [3.63, 3.8) is 0 Å². The summed E-state index contributed by atoms with van der Waals surface area (Å²) in [5, 5.41) is 12.0. The Morgan fingerprint density at radius 3 is 2.34 bits per heavy atom. The van der Waals surface area contributed by atoms with Gasteiger partial charge in [-0.15, -0.1) is 0 Å². The van der Waals surface area contributed by atoms with Gasteiger partial charge in [-0.3, -0.25) is 14.6 Å². The van der Waals surface area contributed by atoms with Crippen molar-refractivity contribution in [2.24, 2.45) is 0 Å². The van der Waals surface area contributed by atoms with Crippen LogP contribution in [0.4, 0.5) is 24.1 Å². The quantitative estimate of drug-likeness (QED) is 0.211. The van der Waals surface area contributed by atoms with Gasteiger partial charge in [-0.25, -0.2) is 14.6 Å². The van der Waals surface area contributed by atoms with Crippen molar-refractivity contribution in [3.05, 3.63) is 71.5 Å². The molecule has 3 amide bonds. The number of anilines is 1. The van der Waals surface area contributed by atoms with Crippen LogP contribution in [0.1, 0.15) is 69.4 Å². The third kappa shape index (κ3) is 5.45. The Bertz CT molecular complexity index is 1930. The predicted octanol–water partition coefficient (Wildman–Crippen LogP) is 7.50. The molecule has 2 fully saturated rings. The van der Waals surface area contributed by atoms with E-state index in [9.17, 15) is 19.5 Å². The van der Waals surface area contributed by atoms with E-state index in [1.165, 1.54) is 12.1 Å². The molecule has 2 aliphatic heterocycles. The summed E-state index contributed by atoms with van der Waals surface area (Å²) in [6, 6.07) is 13.8. The van der Waals surface area contributed by atoms with Crippen LogP contribution in [-0.2, 0) is 15.5 Å². The Balaban J connectivity index is 1.13. The summed E-state index contributed by atoms with van der Waals surface area (Å²) in [5.41, 5.74) is 2.75. The van der Waals surface area contributed by atoms with E-state index in [0.29, 0.717) is 53.0 Å². The Hall–Kier alpha value is -5.00. The van der Waals surface area contributed by atoms with Crippen molar-refractivity contribution in [2.45, 2.75) is 70.1 Å². The molecule has 2 atom stereocenters. The number of carboxylic acid groups (broad SMARTS) is 1. The lowest BCUT2D eigenvalue weighted by atomic mass is 9.98. The molecule has 3 heterocycles. The van der Waals surface area contributed by atoms with Crippen molar-refractivity contribution in [1.29, 1.82) is 0 Å². The number of alkyl halides is 2. The van der Waals surface area contributed by atoms with Crippen LogP contribution in [0.25, 0.3) is 33.3 Å². The summed E-state index contributed by atoms with van der Waals surface area (Å²) in [6.45, 7) is 6.33. The molecule has 10 nitrogen and oxygen atoms in total. The maximum Gasteiger partial charge on any atom is 0.410 e. The number of likely N-dealkylation sites (tertiary alicyclic amines) is 2. The monoisotopic (exact) mass is 643 g/mol. The van der Waals surface area contributed by atoms with Crippen LogP contribution in [0.2, 0.25) is 0 Å². The standard InChI is InChI=1S/C35H35F2N5O5/c1-34(2,3)47-33(46)42-15-4-6-28(42)30-39-26-13-9-20(17-27(26)40-30)19-8-11-22-23-12-10-21(18-25(23)35(36,37)24(22)16-19)38-31(43)29-7-5-14-41(29)32(44)45/h8-13,16-18,28-29H,4-7,14-15H2,1-3H3,(H,38,43)(H,39,40)(H,44,45)/t28-,29+/m1/s1. The Morgan fingerprint density at radius 1 is 0.936 bits per heavy atom. The Morgan fingerprint density at radius 2 is 1.60 bits per heavy atom. The van der Waals surface area contributed by atoms with E-state index in [-0.39, 0.29) is 35.5 Å². The van der Waals surface area contributed by atoms with Gasteiger partial charge in [-0.05, 0) is 99.0 Å². The van der Waals surface area contributed by atoms with Gasteiger partial charge in [0.15, 0.2) is 0 Å². The van der Waals surface area contributed by atoms with Crippen molar-refractivity contribution in [3.8, 4) is 22.3 Å². The zero-order chi connectivity index (χ0) is 33.2. The summed E-state index contributed by atoms with van der Waals surface area (Å²) >= 11 is 0. The van der Waals surface area contributed by atoms with Crippen LogP contribution in [-0.4, -0.2) is 67.7 Å². The molecule has 244 valence electrons. The van der Waals surface area contributed by atoms with E-state index >= 15 is 8.78 Å². The molecule has 4 aromatic rings. The Labute approximate surface area is 269 Å². The maximum absolute atomic E-state index is 16.0. The fourth-order valence-electron chi connectivity index (χ4n) is 6.93. The first-order chi connectivity index (χ1) is 22.3. The topological polar surface area (TPSA) is 128 Å². The molecule has 3 N–H and O–H groups in total. The number of carbonyl (C=O) groups is 3. The van der Waals surface area contributed by atoms with Crippen LogP contribution in [0.5, 0.6) is 0 Å². The number of ether oxygens (including phenoxy) is 1. The number of hydrogen-bond acceptors (Lipinski definition) is 5. The average molecular weight is 644 g/mol.